The van der Waals surface area contributed by atoms with E-state index >= 15 is 0 Å². The fourth-order valence-electron chi connectivity index (χ4n) is 8.90. The molecular formula is C45H35NO2. The SMILES string of the molecule is CC1(C)c2cc3c(cc2-c2c1cc(C(c1ccccc1)c1ccccc1)c1ccccc21)C(C)(C)c1cc([N+](=O)[O-])c2ccccc2c1-3. The van der Waals surface area contributed by atoms with Gasteiger partial charge >= 0.3 is 0 Å². The number of hydrogen-bond donors (Lipinski definition) is 0. The van der Waals surface area contributed by atoms with Gasteiger partial charge in [0.2, 0.25) is 0 Å². The van der Waals surface area contributed by atoms with E-state index in [-0.39, 0.29) is 21.9 Å². The highest BCUT2D eigenvalue weighted by molar-refractivity contribution is 6.09. The van der Waals surface area contributed by atoms with Gasteiger partial charge in [-0.3, -0.25) is 10.1 Å². The van der Waals surface area contributed by atoms with E-state index in [0.717, 1.165) is 16.5 Å². The van der Waals surface area contributed by atoms with Crippen LogP contribution in [-0.4, -0.2) is 4.92 Å². The Morgan fingerprint density at radius 3 is 1.42 bits per heavy atom. The minimum absolute atomic E-state index is 0.0834. The normalized spacial score (nSPS) is 14.9. The third kappa shape index (κ3) is 3.82. The summed E-state index contributed by atoms with van der Waals surface area (Å²) in [6, 6.07) is 47.6. The average Bonchev–Trinajstić information content (AvgIpc) is 3.47. The van der Waals surface area contributed by atoms with E-state index < -0.39 is 5.41 Å². The Labute approximate surface area is 280 Å². The van der Waals surface area contributed by atoms with Crippen LogP contribution in [0, 0.1) is 10.1 Å². The molecule has 2 aliphatic rings. The molecule has 0 saturated heterocycles. The molecule has 3 heteroatoms. The second-order valence-corrected chi connectivity index (χ2v) is 14.5. The number of benzene rings is 7. The van der Waals surface area contributed by atoms with Crippen molar-refractivity contribution in [2.75, 3.05) is 0 Å². The quantitative estimate of drug-likeness (QED) is 0.111. The fraction of sp³-hybridized carbons (Fsp3) is 0.156. The van der Waals surface area contributed by atoms with Crippen LogP contribution in [0.2, 0.25) is 0 Å². The first-order chi connectivity index (χ1) is 23.2. The molecule has 0 aliphatic heterocycles. The second kappa shape index (κ2) is 9.98. The molecule has 0 heterocycles. The van der Waals surface area contributed by atoms with Crippen molar-refractivity contribution in [2.45, 2.75) is 44.4 Å². The summed E-state index contributed by atoms with van der Waals surface area (Å²) in [5.41, 5.74) is 13.2. The third-order valence-corrected chi connectivity index (χ3v) is 11.3. The molecule has 0 spiro atoms. The van der Waals surface area contributed by atoms with Crippen molar-refractivity contribution in [2.24, 2.45) is 0 Å². The molecule has 0 atom stereocenters. The van der Waals surface area contributed by atoms with Gasteiger partial charge < -0.3 is 0 Å². The van der Waals surface area contributed by atoms with Gasteiger partial charge in [0.25, 0.3) is 5.69 Å². The maximum absolute atomic E-state index is 12.3. The molecular weight excluding hydrogens is 587 g/mol. The van der Waals surface area contributed by atoms with Gasteiger partial charge in [0, 0.05) is 22.8 Å². The molecule has 0 amide bonds. The zero-order chi connectivity index (χ0) is 32.9. The standard InChI is InChI=1S/C45H35NO2/c1-44(2)36-25-35-37(45(3,4)39-26-40(46(47)48)30-20-12-14-22-32(30)43(35)39)24-34(36)42-31-21-13-11-19-29(31)33(23-38(42)44)41(27-15-7-5-8-16-27)28-17-9-6-10-18-28/h5-26,41H,1-4H3. The van der Waals surface area contributed by atoms with Crippen molar-refractivity contribution in [1.82, 2.24) is 0 Å². The van der Waals surface area contributed by atoms with E-state index in [9.17, 15) is 10.1 Å². The fourth-order valence-corrected chi connectivity index (χ4v) is 8.90. The van der Waals surface area contributed by atoms with Crippen molar-refractivity contribution >= 4 is 27.2 Å². The highest BCUT2D eigenvalue weighted by atomic mass is 16.6. The molecule has 0 bridgehead atoms. The first kappa shape index (κ1) is 28.7. The van der Waals surface area contributed by atoms with Crippen LogP contribution in [-0.2, 0) is 10.8 Å². The number of non-ortho nitro benzene ring substituents is 1. The summed E-state index contributed by atoms with van der Waals surface area (Å²) in [5.74, 6) is 0.0834. The Morgan fingerprint density at radius 2 is 0.917 bits per heavy atom. The average molecular weight is 622 g/mol. The Kier molecular flexibility index (Phi) is 5.96. The van der Waals surface area contributed by atoms with E-state index in [0.29, 0.717) is 5.39 Å². The largest absolute Gasteiger partial charge is 0.277 e. The van der Waals surface area contributed by atoms with E-state index in [2.05, 4.69) is 131 Å². The summed E-state index contributed by atoms with van der Waals surface area (Å²) in [6.07, 6.45) is 0. The van der Waals surface area contributed by atoms with Gasteiger partial charge in [-0.1, -0.05) is 137 Å². The van der Waals surface area contributed by atoms with Crippen molar-refractivity contribution < 1.29 is 4.92 Å². The molecule has 0 N–H and O–H groups in total. The highest BCUT2D eigenvalue weighted by Gasteiger charge is 2.44. The van der Waals surface area contributed by atoms with Crippen LogP contribution in [0.4, 0.5) is 5.69 Å². The van der Waals surface area contributed by atoms with Crippen molar-refractivity contribution in [1.29, 1.82) is 0 Å². The van der Waals surface area contributed by atoms with Gasteiger partial charge in [-0.05, 0) is 95.6 Å². The highest BCUT2D eigenvalue weighted by Crippen LogP contribution is 2.59. The van der Waals surface area contributed by atoms with E-state index in [4.69, 9.17) is 0 Å². The van der Waals surface area contributed by atoms with E-state index in [1.807, 2.05) is 30.3 Å². The summed E-state index contributed by atoms with van der Waals surface area (Å²) in [6.45, 7) is 9.15. The molecule has 232 valence electrons. The molecule has 0 unspecified atom stereocenters. The zero-order valence-corrected chi connectivity index (χ0v) is 27.5. The van der Waals surface area contributed by atoms with Gasteiger partial charge in [-0.15, -0.1) is 0 Å². The molecule has 0 fully saturated rings. The maximum Gasteiger partial charge on any atom is 0.277 e. The number of rotatable bonds is 4. The smallest absolute Gasteiger partial charge is 0.258 e. The van der Waals surface area contributed by atoms with Gasteiger partial charge in [-0.25, -0.2) is 0 Å². The molecule has 9 rings (SSSR count). The minimum atomic E-state index is -0.400. The maximum atomic E-state index is 12.3. The van der Waals surface area contributed by atoms with Gasteiger partial charge in [0.1, 0.15) is 0 Å². The lowest BCUT2D eigenvalue weighted by molar-refractivity contribution is -0.383. The van der Waals surface area contributed by atoms with Crippen LogP contribution >= 0.6 is 0 Å². The summed E-state index contributed by atoms with van der Waals surface area (Å²) in [7, 11) is 0. The molecule has 2 aliphatic carbocycles. The number of nitro benzene ring substituents is 1. The molecule has 7 aromatic carbocycles. The Balaban J connectivity index is 1.33. The van der Waals surface area contributed by atoms with Gasteiger partial charge in [0.15, 0.2) is 0 Å². The minimum Gasteiger partial charge on any atom is -0.258 e. The lowest BCUT2D eigenvalue weighted by atomic mass is 9.77. The molecule has 48 heavy (non-hydrogen) atoms. The topological polar surface area (TPSA) is 43.1 Å². The summed E-state index contributed by atoms with van der Waals surface area (Å²) < 4.78 is 0. The number of nitro groups is 1. The summed E-state index contributed by atoms with van der Waals surface area (Å²) in [5, 5.41) is 16.4. The second-order valence-electron chi connectivity index (χ2n) is 14.5. The number of fused-ring (bicyclic) bond motifs is 10. The van der Waals surface area contributed by atoms with Gasteiger partial charge in [0.05, 0.1) is 10.3 Å². The zero-order valence-electron chi connectivity index (χ0n) is 27.5. The predicted octanol–water partition coefficient (Wildman–Crippen LogP) is 11.7. The Bertz CT molecular complexity index is 2430. The molecule has 0 saturated carbocycles. The van der Waals surface area contributed by atoms with Crippen LogP contribution in [0.15, 0.2) is 133 Å². The first-order valence-electron chi connectivity index (χ1n) is 16.7. The van der Waals surface area contributed by atoms with Crippen LogP contribution in [0.5, 0.6) is 0 Å². The molecule has 3 nitrogen and oxygen atoms in total. The predicted molar refractivity (Wildman–Crippen MR) is 197 cm³/mol. The van der Waals surface area contributed by atoms with Crippen molar-refractivity contribution in [3.05, 3.63) is 183 Å². The Morgan fingerprint density at radius 1 is 0.500 bits per heavy atom. The lowest BCUT2D eigenvalue weighted by Crippen LogP contribution is -2.17. The lowest BCUT2D eigenvalue weighted by Gasteiger charge is -2.26. The van der Waals surface area contributed by atoms with Gasteiger partial charge in [-0.2, -0.15) is 0 Å². The molecule has 0 radical (unpaired) electrons. The first-order valence-corrected chi connectivity index (χ1v) is 16.7. The number of hydrogen-bond acceptors (Lipinski definition) is 2. The molecule has 7 aromatic rings. The van der Waals surface area contributed by atoms with Crippen LogP contribution in [0.1, 0.15) is 72.6 Å². The van der Waals surface area contributed by atoms with Crippen molar-refractivity contribution in [3.8, 4) is 22.3 Å². The van der Waals surface area contributed by atoms with Crippen LogP contribution in [0.3, 0.4) is 0 Å². The van der Waals surface area contributed by atoms with Crippen LogP contribution < -0.4 is 0 Å². The number of nitrogens with zero attached hydrogens (tertiary/aromatic N) is 1. The van der Waals surface area contributed by atoms with Crippen LogP contribution in [0.25, 0.3) is 43.8 Å². The van der Waals surface area contributed by atoms with Crippen molar-refractivity contribution in [3.63, 3.8) is 0 Å². The van der Waals surface area contributed by atoms with E-state index in [1.165, 1.54) is 60.8 Å². The Hall–Kier alpha value is -5.54. The summed E-state index contributed by atoms with van der Waals surface area (Å²) in [4.78, 5) is 12.0. The van der Waals surface area contributed by atoms with E-state index in [1.54, 1.807) is 0 Å². The monoisotopic (exact) mass is 621 g/mol. The molecule has 0 aromatic heterocycles. The summed E-state index contributed by atoms with van der Waals surface area (Å²) >= 11 is 0. The third-order valence-electron chi connectivity index (χ3n) is 11.3.